The largest absolute Gasteiger partial charge is 0.357 e. The van der Waals surface area contributed by atoms with Crippen LogP contribution in [0.2, 0.25) is 0 Å². The Hall–Kier alpha value is -2.37. The van der Waals surface area contributed by atoms with Crippen molar-refractivity contribution in [1.82, 2.24) is 20.8 Å². The van der Waals surface area contributed by atoms with Crippen molar-refractivity contribution < 1.29 is 4.39 Å². The molecule has 0 amide bonds. The summed E-state index contributed by atoms with van der Waals surface area (Å²) < 4.78 is 13.5. The summed E-state index contributed by atoms with van der Waals surface area (Å²) in [5.41, 5.74) is 3.47. The maximum atomic E-state index is 13.5. The zero-order chi connectivity index (χ0) is 18.4. The zero-order valence-electron chi connectivity index (χ0n) is 15.6. The minimum Gasteiger partial charge on any atom is -0.357 e. The van der Waals surface area contributed by atoms with Gasteiger partial charge in [-0.2, -0.15) is 5.10 Å². The maximum absolute atomic E-state index is 13.5. The number of H-pyrrole nitrogens is 1. The first-order valence-electron chi connectivity index (χ1n) is 9.40. The van der Waals surface area contributed by atoms with Crippen molar-refractivity contribution >= 4 is 5.96 Å². The summed E-state index contributed by atoms with van der Waals surface area (Å²) in [6, 6.07) is 6.95. The van der Waals surface area contributed by atoms with Gasteiger partial charge in [0.2, 0.25) is 0 Å². The van der Waals surface area contributed by atoms with E-state index < -0.39 is 0 Å². The monoisotopic (exact) mass is 357 g/mol. The minimum atomic E-state index is -0.169. The van der Waals surface area contributed by atoms with E-state index in [1.807, 2.05) is 19.2 Å². The van der Waals surface area contributed by atoms with Gasteiger partial charge in [-0.15, -0.1) is 0 Å². The van der Waals surface area contributed by atoms with Gasteiger partial charge in [-0.25, -0.2) is 4.39 Å². The van der Waals surface area contributed by atoms with Crippen LogP contribution in [-0.2, 0) is 11.8 Å². The second-order valence-electron chi connectivity index (χ2n) is 7.04. The Morgan fingerprint density at radius 1 is 1.35 bits per heavy atom. The fourth-order valence-electron chi connectivity index (χ4n) is 3.19. The number of aliphatic imine (C=N–C) groups is 1. The SMILES string of the molecule is CCNC(=NCC1(c2cccc(F)c2)CC1)NCCCc1cn[nH]c1C. The van der Waals surface area contributed by atoms with Crippen LogP contribution in [0, 0.1) is 12.7 Å². The molecule has 0 radical (unpaired) electrons. The Kier molecular flexibility index (Phi) is 5.91. The van der Waals surface area contributed by atoms with E-state index in [1.54, 1.807) is 12.1 Å². The molecule has 1 aromatic carbocycles. The van der Waals surface area contributed by atoms with Gasteiger partial charge in [-0.3, -0.25) is 10.1 Å². The van der Waals surface area contributed by atoms with E-state index >= 15 is 0 Å². The molecule has 2 aromatic rings. The van der Waals surface area contributed by atoms with E-state index in [0.717, 1.165) is 56.0 Å². The van der Waals surface area contributed by atoms with Gasteiger partial charge in [0, 0.05) is 24.2 Å². The van der Waals surface area contributed by atoms with Gasteiger partial charge in [-0.05, 0) is 62.8 Å². The van der Waals surface area contributed by atoms with Crippen LogP contribution in [0.15, 0.2) is 35.5 Å². The summed E-state index contributed by atoms with van der Waals surface area (Å²) in [5.74, 6) is 0.663. The summed E-state index contributed by atoms with van der Waals surface area (Å²) in [6.45, 7) is 6.46. The average Bonchev–Trinajstić information content (AvgIpc) is 3.32. The Bertz CT molecular complexity index is 748. The molecule has 6 heteroatoms. The van der Waals surface area contributed by atoms with E-state index in [-0.39, 0.29) is 11.2 Å². The molecule has 1 fully saturated rings. The first kappa shape index (κ1) is 18.4. The predicted molar refractivity (Wildman–Crippen MR) is 103 cm³/mol. The van der Waals surface area contributed by atoms with Gasteiger partial charge in [0.15, 0.2) is 5.96 Å². The molecular formula is C20H28FN5. The average molecular weight is 357 g/mol. The van der Waals surface area contributed by atoms with Crippen LogP contribution in [0.4, 0.5) is 4.39 Å². The Morgan fingerprint density at radius 3 is 2.85 bits per heavy atom. The van der Waals surface area contributed by atoms with Crippen molar-refractivity contribution in [2.24, 2.45) is 4.99 Å². The zero-order valence-corrected chi connectivity index (χ0v) is 15.6. The smallest absolute Gasteiger partial charge is 0.191 e. The molecule has 1 heterocycles. The Morgan fingerprint density at radius 2 is 2.19 bits per heavy atom. The van der Waals surface area contributed by atoms with Crippen LogP contribution in [0.5, 0.6) is 0 Å². The molecule has 26 heavy (non-hydrogen) atoms. The maximum Gasteiger partial charge on any atom is 0.191 e. The van der Waals surface area contributed by atoms with Gasteiger partial charge in [0.05, 0.1) is 12.7 Å². The predicted octanol–water partition coefficient (Wildman–Crippen LogP) is 3.08. The van der Waals surface area contributed by atoms with Crippen molar-refractivity contribution in [3.8, 4) is 0 Å². The van der Waals surface area contributed by atoms with Gasteiger partial charge in [0.25, 0.3) is 0 Å². The topological polar surface area (TPSA) is 65.1 Å². The highest BCUT2D eigenvalue weighted by Gasteiger charge is 2.44. The van der Waals surface area contributed by atoms with Gasteiger partial charge in [0.1, 0.15) is 5.82 Å². The fourth-order valence-corrected chi connectivity index (χ4v) is 3.19. The highest BCUT2D eigenvalue weighted by molar-refractivity contribution is 5.79. The molecule has 5 nitrogen and oxygen atoms in total. The second kappa shape index (κ2) is 8.34. The third kappa shape index (κ3) is 4.62. The van der Waals surface area contributed by atoms with Crippen molar-refractivity contribution in [3.05, 3.63) is 53.1 Å². The lowest BCUT2D eigenvalue weighted by Crippen LogP contribution is -2.38. The van der Waals surface area contributed by atoms with Crippen LogP contribution in [0.25, 0.3) is 0 Å². The Balaban J connectivity index is 1.53. The van der Waals surface area contributed by atoms with Crippen LogP contribution in [-0.4, -0.2) is 35.8 Å². The molecule has 140 valence electrons. The number of nitrogens with one attached hydrogen (secondary N) is 3. The molecular weight excluding hydrogens is 329 g/mol. The molecule has 1 aliphatic rings. The molecule has 0 atom stereocenters. The quantitative estimate of drug-likeness (QED) is 0.386. The number of hydrogen-bond acceptors (Lipinski definition) is 2. The van der Waals surface area contributed by atoms with Crippen LogP contribution < -0.4 is 10.6 Å². The van der Waals surface area contributed by atoms with Gasteiger partial charge < -0.3 is 10.6 Å². The standard InChI is InChI=1S/C20H28FN5/c1-3-22-19(23-11-5-6-16-13-25-26-15(16)2)24-14-20(9-10-20)17-7-4-8-18(21)12-17/h4,7-8,12-13H,3,5-6,9-11,14H2,1-2H3,(H,25,26)(H2,22,23,24). The molecule has 0 bridgehead atoms. The van der Waals surface area contributed by atoms with Crippen molar-refractivity contribution in [3.63, 3.8) is 0 Å². The van der Waals surface area contributed by atoms with E-state index in [1.165, 1.54) is 11.6 Å². The first-order chi connectivity index (χ1) is 12.6. The van der Waals surface area contributed by atoms with Crippen molar-refractivity contribution in [2.45, 2.75) is 44.9 Å². The van der Waals surface area contributed by atoms with E-state index in [4.69, 9.17) is 4.99 Å². The number of aromatic nitrogens is 2. The third-order valence-electron chi connectivity index (χ3n) is 5.02. The van der Waals surface area contributed by atoms with Crippen LogP contribution in [0.3, 0.4) is 0 Å². The number of benzene rings is 1. The summed E-state index contributed by atoms with van der Waals surface area (Å²) >= 11 is 0. The lowest BCUT2D eigenvalue weighted by molar-refractivity contribution is 0.615. The van der Waals surface area contributed by atoms with Gasteiger partial charge in [-0.1, -0.05) is 12.1 Å². The number of rotatable bonds is 8. The Labute approximate surface area is 154 Å². The summed E-state index contributed by atoms with van der Waals surface area (Å²) in [5, 5.41) is 13.7. The molecule has 3 rings (SSSR count). The molecule has 1 aromatic heterocycles. The summed E-state index contributed by atoms with van der Waals surface area (Å²) in [6.07, 6.45) is 6.03. The highest BCUT2D eigenvalue weighted by Crippen LogP contribution is 2.48. The summed E-state index contributed by atoms with van der Waals surface area (Å²) in [4.78, 5) is 4.76. The molecule has 1 saturated carbocycles. The lowest BCUT2D eigenvalue weighted by atomic mass is 9.96. The number of halogens is 1. The lowest BCUT2D eigenvalue weighted by Gasteiger charge is -2.16. The number of aromatic amines is 1. The van der Waals surface area contributed by atoms with E-state index in [2.05, 4.69) is 27.8 Å². The normalized spacial score (nSPS) is 15.7. The van der Waals surface area contributed by atoms with E-state index in [9.17, 15) is 4.39 Å². The minimum absolute atomic E-state index is 0.0123. The third-order valence-corrected chi connectivity index (χ3v) is 5.02. The molecule has 0 spiro atoms. The van der Waals surface area contributed by atoms with E-state index in [0.29, 0.717) is 6.54 Å². The second-order valence-corrected chi connectivity index (χ2v) is 7.04. The first-order valence-corrected chi connectivity index (χ1v) is 9.40. The van der Waals surface area contributed by atoms with Crippen LogP contribution in [0.1, 0.15) is 43.0 Å². The van der Waals surface area contributed by atoms with Crippen molar-refractivity contribution in [2.75, 3.05) is 19.6 Å². The molecule has 0 saturated heterocycles. The molecule has 1 aliphatic carbocycles. The highest BCUT2D eigenvalue weighted by atomic mass is 19.1. The van der Waals surface area contributed by atoms with Gasteiger partial charge >= 0.3 is 0 Å². The molecule has 0 aliphatic heterocycles. The number of hydrogen-bond donors (Lipinski definition) is 3. The number of guanidine groups is 1. The van der Waals surface area contributed by atoms with Crippen molar-refractivity contribution in [1.29, 1.82) is 0 Å². The van der Waals surface area contributed by atoms with Crippen LogP contribution >= 0.6 is 0 Å². The molecule has 0 unspecified atom stereocenters. The number of nitrogens with zero attached hydrogens (tertiary/aromatic N) is 2. The fraction of sp³-hybridized carbons (Fsp3) is 0.500. The molecule has 3 N–H and O–H groups in total. The summed E-state index contributed by atoms with van der Waals surface area (Å²) in [7, 11) is 0. The number of aryl methyl sites for hydroxylation is 2.